The molecule has 0 aromatic heterocycles. The fourth-order valence-electron chi connectivity index (χ4n) is 1.84. The van der Waals surface area contributed by atoms with Gasteiger partial charge in [-0.15, -0.1) is 0 Å². The summed E-state index contributed by atoms with van der Waals surface area (Å²) in [5.41, 5.74) is 0.269. The Balaban J connectivity index is 2.46. The average Bonchev–Trinajstić information content (AvgIpc) is 2.15. The van der Waals surface area contributed by atoms with E-state index in [1.165, 1.54) is 6.07 Å². The van der Waals surface area contributed by atoms with E-state index >= 15 is 0 Å². The van der Waals surface area contributed by atoms with Crippen LogP contribution < -0.4 is 4.90 Å². The lowest BCUT2D eigenvalue weighted by molar-refractivity contribution is 0.0692. The molecule has 1 N–H and O–H groups in total. The SMILES string of the molecule is CC1CCN1c1cccc(F)c1C(=O)O. The number of hydrogen-bond acceptors (Lipinski definition) is 2. The summed E-state index contributed by atoms with van der Waals surface area (Å²) in [7, 11) is 0. The maximum absolute atomic E-state index is 13.3. The van der Waals surface area contributed by atoms with Crippen LogP contribution in [0.25, 0.3) is 0 Å². The summed E-state index contributed by atoms with van der Waals surface area (Å²) in [6, 6.07) is 4.67. The Morgan fingerprint density at radius 2 is 2.33 bits per heavy atom. The molecule has 0 amide bonds. The third-order valence-corrected chi connectivity index (χ3v) is 2.83. The number of hydrogen-bond donors (Lipinski definition) is 1. The molecule has 80 valence electrons. The largest absolute Gasteiger partial charge is 0.478 e. The lowest BCUT2D eigenvalue weighted by atomic mass is 10.0. The molecule has 1 aromatic rings. The second kappa shape index (κ2) is 3.53. The van der Waals surface area contributed by atoms with E-state index in [9.17, 15) is 9.18 Å². The Kier molecular flexibility index (Phi) is 2.34. The molecule has 0 bridgehead atoms. The predicted molar refractivity (Wildman–Crippen MR) is 54.8 cm³/mol. The molecule has 1 aliphatic rings. The Morgan fingerprint density at radius 1 is 1.60 bits per heavy atom. The van der Waals surface area contributed by atoms with E-state index < -0.39 is 11.8 Å². The normalized spacial score (nSPS) is 19.9. The van der Waals surface area contributed by atoms with Crippen LogP contribution in [0.3, 0.4) is 0 Å². The van der Waals surface area contributed by atoms with Gasteiger partial charge in [-0.3, -0.25) is 0 Å². The standard InChI is InChI=1S/C11H12FNO2/c1-7-5-6-13(7)9-4-2-3-8(12)10(9)11(14)15/h2-4,7H,5-6H2,1H3,(H,14,15). The van der Waals surface area contributed by atoms with E-state index in [4.69, 9.17) is 5.11 Å². The molecule has 1 atom stereocenters. The Hall–Kier alpha value is -1.58. The molecule has 0 aliphatic carbocycles. The second-order valence-corrected chi connectivity index (χ2v) is 3.77. The third kappa shape index (κ3) is 1.56. The lowest BCUT2D eigenvalue weighted by Gasteiger charge is -2.41. The summed E-state index contributed by atoms with van der Waals surface area (Å²) in [5.74, 6) is -1.87. The molecule has 1 aliphatic heterocycles. The van der Waals surface area contributed by atoms with Crippen LogP contribution in [0.2, 0.25) is 0 Å². The van der Waals surface area contributed by atoms with Gasteiger partial charge in [0.05, 0.1) is 5.69 Å². The fraction of sp³-hybridized carbons (Fsp3) is 0.364. The van der Waals surface area contributed by atoms with Crippen molar-refractivity contribution >= 4 is 11.7 Å². The molecule has 1 fully saturated rings. The molecule has 0 radical (unpaired) electrons. The van der Waals surface area contributed by atoms with Crippen LogP contribution in [0, 0.1) is 5.82 Å². The van der Waals surface area contributed by atoms with Gasteiger partial charge in [-0.05, 0) is 25.5 Å². The van der Waals surface area contributed by atoms with Crippen molar-refractivity contribution < 1.29 is 14.3 Å². The zero-order valence-corrected chi connectivity index (χ0v) is 8.40. The highest BCUT2D eigenvalue weighted by Gasteiger charge is 2.28. The number of carboxylic acids is 1. The first-order valence-corrected chi connectivity index (χ1v) is 4.89. The fourth-order valence-corrected chi connectivity index (χ4v) is 1.84. The topological polar surface area (TPSA) is 40.5 Å². The summed E-state index contributed by atoms with van der Waals surface area (Å²) < 4.78 is 13.3. The van der Waals surface area contributed by atoms with Crippen molar-refractivity contribution in [3.05, 3.63) is 29.6 Å². The van der Waals surface area contributed by atoms with Gasteiger partial charge in [-0.1, -0.05) is 6.07 Å². The van der Waals surface area contributed by atoms with Gasteiger partial charge in [0, 0.05) is 12.6 Å². The first-order valence-electron chi connectivity index (χ1n) is 4.89. The quantitative estimate of drug-likeness (QED) is 0.811. The molecule has 0 spiro atoms. The van der Waals surface area contributed by atoms with E-state index in [0.29, 0.717) is 11.7 Å². The van der Waals surface area contributed by atoms with Gasteiger partial charge in [0.1, 0.15) is 11.4 Å². The molecule has 3 nitrogen and oxygen atoms in total. The number of nitrogens with zero attached hydrogens (tertiary/aromatic N) is 1. The van der Waals surface area contributed by atoms with Crippen LogP contribution in [-0.4, -0.2) is 23.7 Å². The van der Waals surface area contributed by atoms with Gasteiger partial charge >= 0.3 is 5.97 Å². The van der Waals surface area contributed by atoms with E-state index in [1.807, 2.05) is 11.8 Å². The Labute approximate surface area is 87.1 Å². The molecule has 4 heteroatoms. The minimum atomic E-state index is -1.21. The van der Waals surface area contributed by atoms with E-state index in [0.717, 1.165) is 13.0 Å². The Bertz CT molecular complexity index is 406. The first-order chi connectivity index (χ1) is 7.11. The summed E-state index contributed by atoms with van der Waals surface area (Å²) in [6.45, 7) is 2.80. The maximum atomic E-state index is 13.3. The van der Waals surface area contributed by atoms with Crippen LogP contribution in [0.1, 0.15) is 23.7 Å². The summed E-state index contributed by atoms with van der Waals surface area (Å²) in [6.07, 6.45) is 1.02. The number of carboxylic acid groups (broad SMARTS) is 1. The van der Waals surface area contributed by atoms with Gasteiger partial charge in [0.25, 0.3) is 0 Å². The zero-order valence-electron chi connectivity index (χ0n) is 8.40. The number of carbonyl (C=O) groups is 1. The van der Waals surface area contributed by atoms with Crippen molar-refractivity contribution in [2.24, 2.45) is 0 Å². The van der Waals surface area contributed by atoms with Crippen molar-refractivity contribution in [3.8, 4) is 0 Å². The second-order valence-electron chi connectivity index (χ2n) is 3.77. The van der Waals surface area contributed by atoms with Gasteiger partial charge in [-0.25, -0.2) is 9.18 Å². The lowest BCUT2D eigenvalue weighted by Crippen LogP contribution is -2.46. The number of aromatic carboxylic acids is 1. The average molecular weight is 209 g/mol. The number of halogens is 1. The van der Waals surface area contributed by atoms with Crippen LogP contribution in [0.5, 0.6) is 0 Å². The molecule has 15 heavy (non-hydrogen) atoms. The van der Waals surface area contributed by atoms with E-state index in [1.54, 1.807) is 12.1 Å². The van der Waals surface area contributed by atoms with Crippen molar-refractivity contribution in [2.75, 3.05) is 11.4 Å². The van der Waals surface area contributed by atoms with Crippen molar-refractivity contribution in [1.29, 1.82) is 0 Å². The molecule has 1 heterocycles. The molecule has 0 saturated carbocycles. The van der Waals surface area contributed by atoms with Gasteiger partial charge in [0.15, 0.2) is 0 Å². The monoisotopic (exact) mass is 209 g/mol. The van der Waals surface area contributed by atoms with E-state index in [2.05, 4.69) is 0 Å². The molecular weight excluding hydrogens is 197 g/mol. The molecule has 1 saturated heterocycles. The highest BCUT2D eigenvalue weighted by atomic mass is 19.1. The van der Waals surface area contributed by atoms with E-state index in [-0.39, 0.29) is 5.56 Å². The van der Waals surface area contributed by atoms with Crippen LogP contribution in [-0.2, 0) is 0 Å². The summed E-state index contributed by atoms with van der Waals surface area (Å²) >= 11 is 0. The van der Waals surface area contributed by atoms with Gasteiger partial charge < -0.3 is 10.0 Å². The van der Waals surface area contributed by atoms with Crippen LogP contribution in [0.15, 0.2) is 18.2 Å². The third-order valence-electron chi connectivity index (χ3n) is 2.83. The van der Waals surface area contributed by atoms with Crippen molar-refractivity contribution in [1.82, 2.24) is 0 Å². The van der Waals surface area contributed by atoms with Gasteiger partial charge in [0.2, 0.25) is 0 Å². The maximum Gasteiger partial charge on any atom is 0.340 e. The minimum Gasteiger partial charge on any atom is -0.478 e. The minimum absolute atomic E-state index is 0.218. The predicted octanol–water partition coefficient (Wildman–Crippen LogP) is 2.12. The number of anilines is 1. The van der Waals surface area contributed by atoms with Crippen molar-refractivity contribution in [3.63, 3.8) is 0 Å². The summed E-state index contributed by atoms with van der Waals surface area (Å²) in [4.78, 5) is 12.8. The summed E-state index contributed by atoms with van der Waals surface area (Å²) in [5, 5.41) is 8.93. The first kappa shape index (κ1) is 9.96. The molecule has 1 aromatic carbocycles. The smallest absolute Gasteiger partial charge is 0.340 e. The van der Waals surface area contributed by atoms with Crippen molar-refractivity contribution in [2.45, 2.75) is 19.4 Å². The van der Waals surface area contributed by atoms with Crippen LogP contribution >= 0.6 is 0 Å². The number of benzene rings is 1. The highest BCUT2D eigenvalue weighted by molar-refractivity contribution is 5.95. The number of rotatable bonds is 2. The van der Waals surface area contributed by atoms with Gasteiger partial charge in [-0.2, -0.15) is 0 Å². The highest BCUT2D eigenvalue weighted by Crippen LogP contribution is 2.30. The Morgan fingerprint density at radius 3 is 2.80 bits per heavy atom. The molecule has 1 unspecified atom stereocenters. The molecular formula is C11H12FNO2. The van der Waals surface area contributed by atoms with Crippen LogP contribution in [0.4, 0.5) is 10.1 Å². The zero-order chi connectivity index (χ0) is 11.0. The molecule has 2 rings (SSSR count).